The van der Waals surface area contributed by atoms with Crippen molar-refractivity contribution in [3.63, 3.8) is 0 Å². The number of hydrogen-bond acceptors (Lipinski definition) is 8. The smallest absolute Gasteiger partial charge is 0.329 e. The highest BCUT2D eigenvalue weighted by atomic mass is 35.5. The zero-order chi connectivity index (χ0) is 35.7. The first-order chi connectivity index (χ1) is 23.3. The molecule has 0 aliphatic carbocycles. The van der Waals surface area contributed by atoms with Crippen molar-refractivity contribution >= 4 is 62.1 Å². The standard InChI is InChI=1S/C33H39ClN6O8S/c1-48-32(45)28(17-30(42)43)40(20-21-6-4-10-25(34)14-21)31(44)27(16-29(41)37-18-22-7-5-13-39(19-22)33(35)36)38-49(46,47)26-12-11-23-8-2-3-9-24(23)15-26/h2-4,6,8-12,14-15,22,27-28,38H,5,7,13,16-20H2,1H3,(H3,35,36)(H,37,41)(H,42,43)/t22-,27-,28?/m0/s1. The molecule has 3 aromatic rings. The maximum Gasteiger partial charge on any atom is 0.329 e. The first-order valence-corrected chi connectivity index (χ1v) is 17.3. The lowest BCUT2D eigenvalue weighted by Gasteiger charge is -2.33. The van der Waals surface area contributed by atoms with Crippen LogP contribution < -0.4 is 15.8 Å². The molecule has 14 nitrogen and oxygen atoms in total. The molecule has 4 rings (SSSR count). The van der Waals surface area contributed by atoms with Crippen LogP contribution in [0.1, 0.15) is 31.2 Å². The summed E-state index contributed by atoms with van der Waals surface area (Å²) in [5, 5.41) is 21.8. The Morgan fingerprint density at radius 1 is 1.08 bits per heavy atom. The summed E-state index contributed by atoms with van der Waals surface area (Å²) in [7, 11) is -3.42. The molecule has 6 N–H and O–H groups in total. The summed E-state index contributed by atoms with van der Waals surface area (Å²) in [6.07, 6.45) is -0.0282. The number of rotatable bonds is 14. The van der Waals surface area contributed by atoms with Crippen LogP contribution in [0.4, 0.5) is 0 Å². The number of ether oxygens (including phenoxy) is 1. The number of carbonyl (C=O) groups excluding carboxylic acids is 3. The first kappa shape index (κ1) is 37.1. The number of likely N-dealkylation sites (tertiary alicyclic amines) is 1. The summed E-state index contributed by atoms with van der Waals surface area (Å²) in [6.45, 7) is 0.880. The number of esters is 1. The van der Waals surface area contributed by atoms with Crippen molar-refractivity contribution in [2.45, 2.75) is 49.2 Å². The molecule has 1 fully saturated rings. The van der Waals surface area contributed by atoms with E-state index >= 15 is 0 Å². The zero-order valence-corrected chi connectivity index (χ0v) is 28.4. The second-order valence-corrected chi connectivity index (χ2v) is 13.9. The highest BCUT2D eigenvalue weighted by Gasteiger charge is 2.39. The Bertz CT molecular complexity index is 1820. The van der Waals surface area contributed by atoms with Gasteiger partial charge in [-0.15, -0.1) is 0 Å². The molecule has 1 aliphatic heterocycles. The van der Waals surface area contributed by atoms with Gasteiger partial charge in [-0.25, -0.2) is 13.2 Å². The van der Waals surface area contributed by atoms with Gasteiger partial charge in [0.1, 0.15) is 12.1 Å². The predicted octanol–water partition coefficient (Wildman–Crippen LogP) is 2.30. The number of amides is 2. The number of carbonyl (C=O) groups is 4. The van der Waals surface area contributed by atoms with E-state index < -0.39 is 58.7 Å². The molecule has 0 spiro atoms. The Morgan fingerprint density at radius 3 is 2.49 bits per heavy atom. The SMILES string of the molecule is COC(=O)C(CC(=O)O)N(Cc1cccc(Cl)c1)C(=O)[C@H](CC(=O)NC[C@@H]1CCCN(C(=N)N)C1)NS(=O)(=O)c1ccc2ccccc2c1. The molecule has 0 aromatic heterocycles. The van der Waals surface area contributed by atoms with Gasteiger partial charge in [0.15, 0.2) is 5.96 Å². The summed E-state index contributed by atoms with van der Waals surface area (Å²) in [6, 6.07) is 14.3. The number of carboxylic acid groups (broad SMARTS) is 1. The fourth-order valence-corrected chi connectivity index (χ4v) is 7.17. The maximum atomic E-state index is 14.4. The van der Waals surface area contributed by atoms with Gasteiger partial charge in [0, 0.05) is 31.2 Å². The van der Waals surface area contributed by atoms with Crippen LogP contribution in [0.3, 0.4) is 0 Å². The third-order valence-corrected chi connectivity index (χ3v) is 9.91. The Morgan fingerprint density at radius 2 is 1.82 bits per heavy atom. The minimum Gasteiger partial charge on any atom is -0.481 e. The first-order valence-electron chi connectivity index (χ1n) is 15.5. The van der Waals surface area contributed by atoms with Gasteiger partial charge < -0.3 is 30.7 Å². The molecule has 3 atom stereocenters. The second-order valence-electron chi connectivity index (χ2n) is 11.8. The molecule has 1 saturated heterocycles. The number of nitrogens with two attached hydrogens (primary N) is 1. The van der Waals surface area contributed by atoms with Crippen LogP contribution in [0.5, 0.6) is 0 Å². The van der Waals surface area contributed by atoms with Crippen LogP contribution >= 0.6 is 11.6 Å². The minimum atomic E-state index is -4.46. The Hall–Kier alpha value is -4.73. The number of hydrogen-bond donors (Lipinski definition) is 5. The van der Waals surface area contributed by atoms with Gasteiger partial charge >= 0.3 is 11.9 Å². The number of carboxylic acids is 1. The predicted molar refractivity (Wildman–Crippen MR) is 182 cm³/mol. The van der Waals surface area contributed by atoms with Crippen LogP contribution in [-0.4, -0.2) is 91.9 Å². The van der Waals surface area contributed by atoms with Crippen LogP contribution in [0.2, 0.25) is 5.02 Å². The van der Waals surface area contributed by atoms with Crippen molar-refractivity contribution in [2.75, 3.05) is 26.7 Å². The van der Waals surface area contributed by atoms with Crippen molar-refractivity contribution in [2.24, 2.45) is 11.7 Å². The van der Waals surface area contributed by atoms with Crippen molar-refractivity contribution < 1.29 is 37.4 Å². The number of piperidine rings is 1. The van der Waals surface area contributed by atoms with Crippen LogP contribution in [0.25, 0.3) is 10.8 Å². The van der Waals surface area contributed by atoms with E-state index in [0.717, 1.165) is 30.2 Å². The number of guanidine groups is 1. The number of sulfonamides is 1. The lowest BCUT2D eigenvalue weighted by molar-refractivity contribution is -0.158. The van der Waals surface area contributed by atoms with Gasteiger partial charge in [0.2, 0.25) is 21.8 Å². The molecule has 2 amide bonds. The van der Waals surface area contributed by atoms with Crippen molar-refractivity contribution in [1.82, 2.24) is 19.8 Å². The van der Waals surface area contributed by atoms with E-state index in [1.165, 1.54) is 18.2 Å². The van der Waals surface area contributed by atoms with E-state index in [1.54, 1.807) is 53.4 Å². The van der Waals surface area contributed by atoms with Crippen LogP contribution in [0.15, 0.2) is 71.6 Å². The molecule has 0 bridgehead atoms. The van der Waals surface area contributed by atoms with E-state index in [9.17, 15) is 32.7 Å². The van der Waals surface area contributed by atoms with Gasteiger partial charge in [0.05, 0.1) is 24.8 Å². The molecule has 262 valence electrons. The Kier molecular flexibility index (Phi) is 12.6. The number of nitrogens with zero attached hydrogens (tertiary/aromatic N) is 2. The zero-order valence-electron chi connectivity index (χ0n) is 26.8. The van der Waals surface area contributed by atoms with Crippen molar-refractivity contribution in [3.05, 3.63) is 77.3 Å². The number of nitrogens with one attached hydrogen (secondary N) is 3. The van der Waals surface area contributed by atoms with Gasteiger partial charge in [-0.05, 0) is 59.4 Å². The number of halogens is 1. The molecule has 1 heterocycles. The number of benzene rings is 3. The van der Waals surface area contributed by atoms with Crippen molar-refractivity contribution in [1.29, 1.82) is 5.41 Å². The fraction of sp³-hybridized carbons (Fsp3) is 0.364. The number of fused-ring (bicyclic) bond motifs is 1. The lowest BCUT2D eigenvalue weighted by atomic mass is 9.98. The molecule has 0 radical (unpaired) electrons. The Labute approximate surface area is 289 Å². The summed E-state index contributed by atoms with van der Waals surface area (Å²) in [5.74, 6) is -4.30. The number of aliphatic carboxylic acids is 1. The van der Waals surface area contributed by atoms with Crippen LogP contribution in [-0.2, 0) is 40.5 Å². The van der Waals surface area contributed by atoms with E-state index in [4.69, 9.17) is 27.5 Å². The third-order valence-electron chi connectivity index (χ3n) is 8.21. The van der Waals surface area contributed by atoms with E-state index in [1.807, 2.05) is 0 Å². The fourth-order valence-electron chi connectivity index (χ4n) is 5.73. The van der Waals surface area contributed by atoms with E-state index in [0.29, 0.717) is 29.1 Å². The largest absolute Gasteiger partial charge is 0.481 e. The van der Waals surface area contributed by atoms with Gasteiger partial charge in [0.25, 0.3) is 0 Å². The molecular weight excluding hydrogens is 676 g/mol. The molecule has 1 unspecified atom stereocenters. The minimum absolute atomic E-state index is 0.0522. The summed E-state index contributed by atoms with van der Waals surface area (Å²) in [4.78, 5) is 55.0. The van der Waals surface area contributed by atoms with E-state index in [2.05, 4.69) is 10.0 Å². The van der Waals surface area contributed by atoms with Crippen molar-refractivity contribution in [3.8, 4) is 0 Å². The second kappa shape index (κ2) is 16.6. The normalized spacial score (nSPS) is 16.0. The molecular formula is C33H39ClN6O8S. The molecule has 16 heteroatoms. The summed E-state index contributed by atoms with van der Waals surface area (Å²) >= 11 is 6.16. The summed E-state index contributed by atoms with van der Waals surface area (Å²) in [5.41, 5.74) is 6.05. The maximum absolute atomic E-state index is 14.4. The van der Waals surface area contributed by atoms with Gasteiger partial charge in [-0.3, -0.25) is 19.8 Å². The Balaban J connectivity index is 1.68. The highest BCUT2D eigenvalue weighted by molar-refractivity contribution is 7.89. The third kappa shape index (κ3) is 10.1. The number of methoxy groups -OCH3 is 1. The van der Waals surface area contributed by atoms with Crippen LogP contribution in [0, 0.1) is 11.3 Å². The molecule has 3 aromatic carbocycles. The highest BCUT2D eigenvalue weighted by Crippen LogP contribution is 2.22. The molecule has 0 saturated carbocycles. The lowest BCUT2D eigenvalue weighted by Crippen LogP contribution is -2.55. The van der Waals surface area contributed by atoms with Gasteiger partial charge in [-0.2, -0.15) is 4.72 Å². The average Bonchev–Trinajstić information content (AvgIpc) is 3.07. The molecule has 1 aliphatic rings. The quantitative estimate of drug-likeness (QED) is 0.0934. The summed E-state index contributed by atoms with van der Waals surface area (Å²) < 4.78 is 34.8. The monoisotopic (exact) mass is 714 g/mol. The van der Waals surface area contributed by atoms with Gasteiger partial charge in [-0.1, -0.05) is 54.1 Å². The molecule has 49 heavy (non-hydrogen) atoms. The average molecular weight is 715 g/mol. The van der Waals surface area contributed by atoms with E-state index in [-0.39, 0.29) is 29.9 Å². The topological polar surface area (TPSA) is 212 Å².